The summed E-state index contributed by atoms with van der Waals surface area (Å²) < 4.78 is 17.5. The van der Waals surface area contributed by atoms with Crippen molar-refractivity contribution in [3.8, 4) is 22.1 Å². The molecule has 9 heteroatoms. The maximum absolute atomic E-state index is 14.1. The molecule has 0 radical (unpaired) electrons. The first-order valence-corrected chi connectivity index (χ1v) is 8.48. The predicted molar refractivity (Wildman–Crippen MR) is 90.7 cm³/mol. The SMILES string of the molecule is CCn1nc(-c2nn3c(-c4cc(Cl)ccc4F)nnc3s2)cc1C. The van der Waals surface area contributed by atoms with Gasteiger partial charge in [-0.2, -0.15) is 14.7 Å². The first-order chi connectivity index (χ1) is 11.6. The summed E-state index contributed by atoms with van der Waals surface area (Å²) in [6.45, 7) is 4.81. The van der Waals surface area contributed by atoms with Gasteiger partial charge in [-0.15, -0.1) is 10.2 Å². The molecule has 0 aliphatic carbocycles. The van der Waals surface area contributed by atoms with Gasteiger partial charge in [-0.3, -0.25) is 4.68 Å². The second-order valence-corrected chi connectivity index (χ2v) is 6.63. The van der Waals surface area contributed by atoms with Crippen LogP contribution >= 0.6 is 22.9 Å². The van der Waals surface area contributed by atoms with E-state index in [0.717, 1.165) is 17.9 Å². The van der Waals surface area contributed by atoms with Crippen LogP contribution in [0.5, 0.6) is 0 Å². The zero-order valence-corrected chi connectivity index (χ0v) is 14.4. The van der Waals surface area contributed by atoms with Gasteiger partial charge in [0.05, 0.1) is 5.56 Å². The summed E-state index contributed by atoms with van der Waals surface area (Å²) in [4.78, 5) is 0.572. The summed E-state index contributed by atoms with van der Waals surface area (Å²) in [5.74, 6) is -0.103. The predicted octanol–water partition coefficient (Wildman–Crippen LogP) is 3.84. The maximum atomic E-state index is 14.1. The third-order valence-corrected chi connectivity index (χ3v) is 4.82. The largest absolute Gasteiger partial charge is 0.269 e. The van der Waals surface area contributed by atoms with Gasteiger partial charge in [0.1, 0.15) is 11.5 Å². The van der Waals surface area contributed by atoms with E-state index >= 15 is 0 Å². The quantitative estimate of drug-likeness (QED) is 0.555. The fourth-order valence-electron chi connectivity index (χ4n) is 2.49. The second kappa shape index (κ2) is 5.64. The number of benzene rings is 1. The van der Waals surface area contributed by atoms with Crippen LogP contribution in [0.15, 0.2) is 24.3 Å². The normalized spacial score (nSPS) is 11.5. The number of hydrogen-bond acceptors (Lipinski definition) is 5. The topological polar surface area (TPSA) is 60.9 Å². The number of rotatable bonds is 3. The lowest BCUT2D eigenvalue weighted by Crippen LogP contribution is -1.98. The molecule has 24 heavy (non-hydrogen) atoms. The van der Waals surface area contributed by atoms with Crippen LogP contribution in [0.1, 0.15) is 12.6 Å². The van der Waals surface area contributed by atoms with E-state index in [0.29, 0.717) is 20.8 Å². The molecule has 0 saturated carbocycles. The van der Waals surface area contributed by atoms with Gasteiger partial charge in [-0.1, -0.05) is 22.9 Å². The lowest BCUT2D eigenvalue weighted by molar-refractivity contribution is 0.629. The van der Waals surface area contributed by atoms with E-state index in [1.165, 1.54) is 34.1 Å². The first kappa shape index (κ1) is 15.2. The minimum absolute atomic E-state index is 0.266. The van der Waals surface area contributed by atoms with Gasteiger partial charge in [0.15, 0.2) is 10.8 Å². The van der Waals surface area contributed by atoms with E-state index < -0.39 is 5.82 Å². The third kappa shape index (κ3) is 2.38. The number of fused-ring (bicyclic) bond motifs is 1. The van der Waals surface area contributed by atoms with E-state index in [1.807, 2.05) is 24.6 Å². The Bertz CT molecular complexity index is 1050. The van der Waals surface area contributed by atoms with Gasteiger partial charge in [0.25, 0.3) is 0 Å². The molecule has 0 amide bonds. The van der Waals surface area contributed by atoms with Gasteiger partial charge in [-0.05, 0) is 38.1 Å². The summed E-state index contributed by atoms with van der Waals surface area (Å²) in [5.41, 5.74) is 2.09. The molecule has 0 unspecified atom stereocenters. The zero-order valence-electron chi connectivity index (χ0n) is 12.9. The highest BCUT2D eigenvalue weighted by molar-refractivity contribution is 7.19. The molecule has 0 saturated heterocycles. The fourth-order valence-corrected chi connectivity index (χ4v) is 3.46. The summed E-state index contributed by atoms with van der Waals surface area (Å²) in [7, 11) is 0. The van der Waals surface area contributed by atoms with Crippen molar-refractivity contribution < 1.29 is 4.39 Å². The molecule has 0 aliphatic heterocycles. The Balaban J connectivity index is 1.85. The molecule has 3 aromatic heterocycles. The Morgan fingerprint density at radius 1 is 1.21 bits per heavy atom. The lowest BCUT2D eigenvalue weighted by atomic mass is 10.2. The number of halogens is 2. The van der Waals surface area contributed by atoms with Gasteiger partial charge >= 0.3 is 0 Å². The smallest absolute Gasteiger partial charge is 0.235 e. The zero-order chi connectivity index (χ0) is 16.8. The van der Waals surface area contributed by atoms with Crippen molar-refractivity contribution in [2.75, 3.05) is 0 Å². The monoisotopic (exact) mass is 362 g/mol. The van der Waals surface area contributed by atoms with Crippen LogP contribution in [0.4, 0.5) is 4.39 Å². The Labute approximate surface area is 145 Å². The van der Waals surface area contributed by atoms with Gasteiger partial charge in [0.2, 0.25) is 4.96 Å². The van der Waals surface area contributed by atoms with Crippen LogP contribution in [0.3, 0.4) is 0 Å². The molecule has 122 valence electrons. The van der Waals surface area contributed by atoms with E-state index in [-0.39, 0.29) is 5.56 Å². The summed E-state index contributed by atoms with van der Waals surface area (Å²) in [6, 6.07) is 6.28. The Morgan fingerprint density at radius 2 is 2.04 bits per heavy atom. The molecule has 0 atom stereocenters. The van der Waals surface area contributed by atoms with Crippen molar-refractivity contribution in [2.24, 2.45) is 0 Å². The van der Waals surface area contributed by atoms with Gasteiger partial charge < -0.3 is 0 Å². The van der Waals surface area contributed by atoms with Crippen molar-refractivity contribution in [3.05, 3.63) is 40.8 Å². The molecule has 0 aliphatic rings. The highest BCUT2D eigenvalue weighted by Crippen LogP contribution is 2.29. The molecule has 0 bridgehead atoms. The minimum Gasteiger partial charge on any atom is -0.269 e. The highest BCUT2D eigenvalue weighted by atomic mass is 35.5. The van der Waals surface area contributed by atoms with Crippen molar-refractivity contribution in [3.63, 3.8) is 0 Å². The van der Waals surface area contributed by atoms with E-state index in [2.05, 4.69) is 20.4 Å². The average Bonchev–Trinajstić information content (AvgIpc) is 3.23. The summed E-state index contributed by atoms with van der Waals surface area (Å²) in [5, 5.41) is 18.3. The van der Waals surface area contributed by atoms with E-state index in [9.17, 15) is 4.39 Å². The molecule has 3 heterocycles. The fraction of sp³-hybridized carbons (Fsp3) is 0.200. The Morgan fingerprint density at radius 3 is 2.79 bits per heavy atom. The third-order valence-electron chi connectivity index (χ3n) is 3.66. The molecular weight excluding hydrogens is 351 g/mol. The van der Waals surface area contributed by atoms with Crippen molar-refractivity contribution >= 4 is 27.9 Å². The number of aryl methyl sites for hydroxylation is 2. The summed E-state index contributed by atoms with van der Waals surface area (Å²) in [6.07, 6.45) is 0. The highest BCUT2D eigenvalue weighted by Gasteiger charge is 2.19. The minimum atomic E-state index is -0.422. The van der Waals surface area contributed by atoms with Crippen LogP contribution in [0.25, 0.3) is 27.1 Å². The second-order valence-electron chi connectivity index (χ2n) is 5.24. The molecule has 4 rings (SSSR count). The molecule has 0 spiro atoms. The molecule has 1 aromatic carbocycles. The number of aromatic nitrogens is 6. The molecular formula is C15H12ClFN6S. The van der Waals surface area contributed by atoms with Crippen LogP contribution in [-0.2, 0) is 6.54 Å². The average molecular weight is 363 g/mol. The molecule has 6 nitrogen and oxygen atoms in total. The lowest BCUT2D eigenvalue weighted by Gasteiger charge is -2.00. The standard InChI is InChI=1S/C15H12ClFN6S/c1-3-22-8(2)6-12(20-22)14-21-23-13(18-19-15(23)24-14)10-7-9(16)4-5-11(10)17/h4-7H,3H2,1-2H3. The number of nitrogens with zero attached hydrogens (tertiary/aromatic N) is 6. The maximum Gasteiger partial charge on any atom is 0.235 e. The van der Waals surface area contributed by atoms with E-state index in [4.69, 9.17) is 11.6 Å². The van der Waals surface area contributed by atoms with Gasteiger partial charge in [-0.25, -0.2) is 4.39 Å². The van der Waals surface area contributed by atoms with Crippen molar-refractivity contribution in [1.29, 1.82) is 0 Å². The van der Waals surface area contributed by atoms with Crippen LogP contribution in [0, 0.1) is 12.7 Å². The first-order valence-electron chi connectivity index (χ1n) is 7.29. The van der Waals surface area contributed by atoms with Crippen LogP contribution in [-0.4, -0.2) is 29.6 Å². The molecule has 0 fully saturated rings. The molecule has 4 aromatic rings. The number of hydrogen-bond donors (Lipinski definition) is 0. The van der Waals surface area contributed by atoms with Crippen molar-refractivity contribution in [2.45, 2.75) is 20.4 Å². The summed E-state index contributed by atoms with van der Waals surface area (Å²) >= 11 is 7.32. The molecule has 0 N–H and O–H groups in total. The van der Waals surface area contributed by atoms with Crippen LogP contribution in [0.2, 0.25) is 5.02 Å². The van der Waals surface area contributed by atoms with E-state index in [1.54, 1.807) is 0 Å². The van der Waals surface area contributed by atoms with Crippen molar-refractivity contribution in [1.82, 2.24) is 29.6 Å². The Kier molecular flexibility index (Phi) is 3.58. The van der Waals surface area contributed by atoms with Crippen LogP contribution < -0.4 is 0 Å². The Hall–Kier alpha value is -2.32. The van der Waals surface area contributed by atoms with Gasteiger partial charge in [0, 0.05) is 17.3 Å².